The number of hydrogen-bond donors (Lipinski definition) is 0. The molecule has 0 N–H and O–H groups in total. The van der Waals surface area contributed by atoms with Crippen LogP contribution in [0.2, 0.25) is 0 Å². The predicted octanol–water partition coefficient (Wildman–Crippen LogP) is 2.46. The minimum atomic E-state index is 0.353. The molecule has 3 aromatic rings. The Morgan fingerprint density at radius 3 is 2.59 bits per heavy atom. The number of carbonyl (C=O) groups excluding carboxylic acids is 1. The summed E-state index contributed by atoms with van der Waals surface area (Å²) in [7, 11) is 1.56. The molecule has 6 nitrogen and oxygen atoms in total. The van der Waals surface area contributed by atoms with Crippen LogP contribution in [0.5, 0.6) is 5.88 Å². The molecule has 0 bridgehead atoms. The molecule has 3 aromatic heterocycles. The summed E-state index contributed by atoms with van der Waals surface area (Å²) in [6, 6.07) is 9.16. The van der Waals surface area contributed by atoms with Crippen LogP contribution in [0.4, 0.5) is 0 Å². The summed E-state index contributed by atoms with van der Waals surface area (Å²) in [4.78, 5) is 19.5. The zero-order chi connectivity index (χ0) is 15.5. The molecule has 6 heteroatoms. The molecule has 0 atom stereocenters. The van der Waals surface area contributed by atoms with Crippen LogP contribution in [0.15, 0.2) is 42.7 Å². The first-order valence-electron chi connectivity index (χ1n) is 6.70. The highest BCUT2D eigenvalue weighted by molar-refractivity contribution is 5.76. The number of aryl methyl sites for hydroxylation is 1. The number of nitrogens with zero attached hydrogens (tertiary/aromatic N) is 4. The third-order valence-corrected chi connectivity index (χ3v) is 3.23. The first kappa shape index (κ1) is 13.9. The number of carbonyl (C=O) groups is 1. The van der Waals surface area contributed by atoms with Gasteiger partial charge < -0.3 is 4.74 Å². The molecule has 0 amide bonds. The van der Waals surface area contributed by atoms with Crippen LogP contribution in [0.25, 0.3) is 16.9 Å². The van der Waals surface area contributed by atoms with Gasteiger partial charge in [-0.1, -0.05) is 0 Å². The second kappa shape index (κ2) is 5.77. The maximum atomic E-state index is 11.1. The summed E-state index contributed by atoms with van der Waals surface area (Å²) < 4.78 is 6.72. The van der Waals surface area contributed by atoms with E-state index in [-0.39, 0.29) is 0 Å². The second-order valence-corrected chi connectivity index (χ2v) is 4.73. The molecule has 0 unspecified atom stereocenters. The number of methoxy groups -OCH3 is 1. The molecule has 0 aliphatic heterocycles. The van der Waals surface area contributed by atoms with Crippen molar-refractivity contribution in [3.63, 3.8) is 0 Å². The molecule has 0 spiro atoms. The van der Waals surface area contributed by atoms with E-state index in [4.69, 9.17) is 4.74 Å². The first-order chi connectivity index (χ1) is 10.7. The zero-order valence-corrected chi connectivity index (χ0v) is 12.2. The Balaban J connectivity index is 2.11. The highest BCUT2D eigenvalue weighted by Crippen LogP contribution is 2.23. The topological polar surface area (TPSA) is 69.9 Å². The lowest BCUT2D eigenvalue weighted by atomic mass is 10.2. The number of aldehydes is 1. The summed E-state index contributed by atoms with van der Waals surface area (Å²) in [6.07, 6.45) is 4.12. The molecule has 0 saturated carbocycles. The van der Waals surface area contributed by atoms with E-state index >= 15 is 0 Å². The van der Waals surface area contributed by atoms with Gasteiger partial charge in [-0.2, -0.15) is 5.10 Å². The highest BCUT2D eigenvalue weighted by Gasteiger charge is 2.12. The van der Waals surface area contributed by atoms with Gasteiger partial charge in [0.05, 0.1) is 24.7 Å². The van der Waals surface area contributed by atoms with Crippen LogP contribution in [-0.2, 0) is 0 Å². The van der Waals surface area contributed by atoms with E-state index in [0.29, 0.717) is 11.6 Å². The van der Waals surface area contributed by atoms with Crippen molar-refractivity contribution in [1.82, 2.24) is 19.7 Å². The maximum Gasteiger partial charge on any atom is 0.213 e. The van der Waals surface area contributed by atoms with Gasteiger partial charge in [0, 0.05) is 23.5 Å². The number of hydrogen-bond acceptors (Lipinski definition) is 5. The number of aromatic nitrogens is 4. The van der Waals surface area contributed by atoms with Gasteiger partial charge in [-0.25, -0.2) is 9.67 Å². The Bertz CT molecular complexity index is 792. The molecule has 0 radical (unpaired) electrons. The molecule has 0 saturated heterocycles. The lowest BCUT2D eigenvalue weighted by Crippen LogP contribution is -2.01. The Hall–Kier alpha value is -3.02. The fourth-order valence-electron chi connectivity index (χ4n) is 2.10. The lowest BCUT2D eigenvalue weighted by molar-refractivity contribution is 0.111. The quantitative estimate of drug-likeness (QED) is 0.691. The molecule has 3 heterocycles. The Labute approximate surface area is 127 Å². The summed E-state index contributed by atoms with van der Waals surface area (Å²) in [5, 5.41) is 4.29. The summed E-state index contributed by atoms with van der Waals surface area (Å²) in [5.74, 6) is 0.519. The van der Waals surface area contributed by atoms with Gasteiger partial charge in [-0.15, -0.1) is 0 Å². The van der Waals surface area contributed by atoms with E-state index in [0.717, 1.165) is 28.9 Å². The number of pyridine rings is 2. The van der Waals surface area contributed by atoms with Crippen molar-refractivity contribution in [1.29, 1.82) is 0 Å². The average Bonchev–Trinajstić information content (AvgIpc) is 3.00. The normalized spacial score (nSPS) is 10.5. The standard InChI is InChI=1S/C16H14N4O2/c1-11-3-4-12(8-17-11)15-7-13(10-21)19-20(15)14-5-6-16(22-2)18-9-14/h3-10H,1-2H3. The molecular weight excluding hydrogens is 280 g/mol. The second-order valence-electron chi connectivity index (χ2n) is 4.73. The fraction of sp³-hybridized carbons (Fsp3) is 0.125. The van der Waals surface area contributed by atoms with E-state index in [1.807, 2.05) is 25.1 Å². The van der Waals surface area contributed by atoms with Gasteiger partial charge in [0.15, 0.2) is 6.29 Å². The number of ether oxygens (including phenoxy) is 1. The highest BCUT2D eigenvalue weighted by atomic mass is 16.5. The van der Waals surface area contributed by atoms with Gasteiger partial charge in [0.1, 0.15) is 5.69 Å². The lowest BCUT2D eigenvalue weighted by Gasteiger charge is -2.08. The Morgan fingerprint density at radius 2 is 2.00 bits per heavy atom. The van der Waals surface area contributed by atoms with Crippen molar-refractivity contribution in [2.45, 2.75) is 6.92 Å². The minimum absolute atomic E-state index is 0.353. The van der Waals surface area contributed by atoms with E-state index in [1.165, 1.54) is 0 Å². The van der Waals surface area contributed by atoms with E-state index < -0.39 is 0 Å². The number of rotatable bonds is 4. The van der Waals surface area contributed by atoms with Gasteiger partial charge in [-0.3, -0.25) is 9.78 Å². The van der Waals surface area contributed by atoms with Crippen LogP contribution in [-0.4, -0.2) is 33.1 Å². The van der Waals surface area contributed by atoms with E-state index in [9.17, 15) is 4.79 Å². The monoisotopic (exact) mass is 294 g/mol. The fourth-order valence-corrected chi connectivity index (χ4v) is 2.10. The van der Waals surface area contributed by atoms with E-state index in [1.54, 1.807) is 36.3 Å². The molecule has 3 rings (SSSR count). The van der Waals surface area contributed by atoms with Crippen LogP contribution >= 0.6 is 0 Å². The molecule has 0 aliphatic rings. The van der Waals surface area contributed by atoms with Crippen molar-refractivity contribution in [2.75, 3.05) is 7.11 Å². The van der Waals surface area contributed by atoms with Crippen molar-refractivity contribution in [3.05, 3.63) is 54.1 Å². The summed E-state index contributed by atoms with van der Waals surface area (Å²) in [6.45, 7) is 1.92. The predicted molar refractivity (Wildman–Crippen MR) is 81.3 cm³/mol. The Kier molecular flexibility index (Phi) is 3.65. The van der Waals surface area contributed by atoms with Gasteiger partial charge in [0.2, 0.25) is 5.88 Å². The molecule has 0 aliphatic carbocycles. The SMILES string of the molecule is COc1ccc(-n2nc(C=O)cc2-c2ccc(C)nc2)cn1. The van der Waals surface area contributed by atoms with Gasteiger partial charge >= 0.3 is 0 Å². The van der Waals surface area contributed by atoms with Crippen LogP contribution in [0.1, 0.15) is 16.2 Å². The average molecular weight is 294 g/mol. The van der Waals surface area contributed by atoms with E-state index in [2.05, 4.69) is 15.1 Å². The van der Waals surface area contributed by atoms with Crippen molar-refractivity contribution in [2.24, 2.45) is 0 Å². The minimum Gasteiger partial charge on any atom is -0.481 e. The van der Waals surface area contributed by atoms with Crippen molar-refractivity contribution in [3.8, 4) is 22.8 Å². The molecule has 0 fully saturated rings. The van der Waals surface area contributed by atoms with Gasteiger partial charge in [-0.05, 0) is 31.2 Å². The van der Waals surface area contributed by atoms with Crippen LogP contribution in [0, 0.1) is 6.92 Å². The molecule has 0 aromatic carbocycles. The maximum absolute atomic E-state index is 11.1. The van der Waals surface area contributed by atoms with Gasteiger partial charge in [0.25, 0.3) is 0 Å². The Morgan fingerprint density at radius 1 is 1.14 bits per heavy atom. The van der Waals surface area contributed by atoms with Crippen molar-refractivity contribution < 1.29 is 9.53 Å². The van der Waals surface area contributed by atoms with Crippen molar-refractivity contribution >= 4 is 6.29 Å². The third-order valence-electron chi connectivity index (χ3n) is 3.23. The first-order valence-corrected chi connectivity index (χ1v) is 6.70. The molecule has 22 heavy (non-hydrogen) atoms. The molecular formula is C16H14N4O2. The van der Waals surface area contributed by atoms with Crippen LogP contribution in [0.3, 0.4) is 0 Å². The molecule has 110 valence electrons. The largest absolute Gasteiger partial charge is 0.481 e. The smallest absolute Gasteiger partial charge is 0.213 e. The summed E-state index contributed by atoms with van der Waals surface area (Å²) >= 11 is 0. The third kappa shape index (κ3) is 2.58. The zero-order valence-electron chi connectivity index (χ0n) is 12.2. The van der Waals surface area contributed by atoms with Crippen LogP contribution < -0.4 is 4.74 Å². The summed E-state index contributed by atoms with van der Waals surface area (Å²) in [5.41, 5.74) is 3.68.